The van der Waals surface area contributed by atoms with Crippen molar-refractivity contribution in [3.8, 4) is 0 Å². The van der Waals surface area contributed by atoms with E-state index in [1.807, 2.05) is 6.07 Å². The highest BCUT2D eigenvalue weighted by Gasteiger charge is 2.12. The number of thiocarbonyl (C=S) groups is 1. The molecule has 0 amide bonds. The monoisotopic (exact) mass is 250 g/mol. The summed E-state index contributed by atoms with van der Waals surface area (Å²) < 4.78 is 5.34. The molecule has 1 aromatic carbocycles. The minimum atomic E-state index is 0.464. The van der Waals surface area contributed by atoms with Crippen LogP contribution in [0.5, 0.6) is 0 Å². The first-order valence-corrected chi connectivity index (χ1v) is 6.27. The van der Waals surface area contributed by atoms with Gasteiger partial charge in [0.2, 0.25) is 0 Å². The fourth-order valence-electron chi connectivity index (χ4n) is 2.03. The Morgan fingerprint density at radius 2 is 2.12 bits per heavy atom. The van der Waals surface area contributed by atoms with E-state index in [0.717, 1.165) is 38.4 Å². The van der Waals surface area contributed by atoms with Crippen molar-refractivity contribution < 1.29 is 4.74 Å². The second-order valence-electron chi connectivity index (χ2n) is 4.39. The number of ether oxygens (including phenoxy) is 1. The van der Waals surface area contributed by atoms with Gasteiger partial charge in [0, 0.05) is 25.2 Å². The van der Waals surface area contributed by atoms with E-state index in [-0.39, 0.29) is 0 Å². The van der Waals surface area contributed by atoms with E-state index in [0.29, 0.717) is 4.99 Å². The molecule has 1 aliphatic rings. The van der Waals surface area contributed by atoms with Gasteiger partial charge in [-0.3, -0.25) is 4.90 Å². The molecule has 0 aliphatic carbocycles. The molecule has 17 heavy (non-hydrogen) atoms. The third-order valence-electron chi connectivity index (χ3n) is 3.12. The van der Waals surface area contributed by atoms with Crippen molar-refractivity contribution in [3.63, 3.8) is 0 Å². The first kappa shape index (κ1) is 12.5. The molecule has 2 N–H and O–H groups in total. The van der Waals surface area contributed by atoms with Crippen molar-refractivity contribution >= 4 is 17.2 Å². The standard InChI is InChI=1S/C13H18N2OS/c1-10-8-11(13(14)17)2-3-12(10)9-15-4-6-16-7-5-15/h2-3,8H,4-7,9H2,1H3,(H2,14,17). The first-order chi connectivity index (χ1) is 8.16. The normalized spacial score (nSPS) is 17.0. The predicted octanol–water partition coefficient (Wildman–Crippen LogP) is 1.46. The van der Waals surface area contributed by atoms with Crippen molar-refractivity contribution in [3.05, 3.63) is 34.9 Å². The molecule has 0 unspecified atom stereocenters. The largest absolute Gasteiger partial charge is 0.389 e. The summed E-state index contributed by atoms with van der Waals surface area (Å²) in [6.45, 7) is 6.78. The highest BCUT2D eigenvalue weighted by molar-refractivity contribution is 7.80. The number of rotatable bonds is 3. The summed E-state index contributed by atoms with van der Waals surface area (Å²) in [6, 6.07) is 6.20. The average Bonchev–Trinajstić information content (AvgIpc) is 2.33. The Hall–Kier alpha value is -0.970. The van der Waals surface area contributed by atoms with Crippen LogP contribution in [0.2, 0.25) is 0 Å². The van der Waals surface area contributed by atoms with Crippen LogP contribution in [0.1, 0.15) is 16.7 Å². The zero-order valence-corrected chi connectivity index (χ0v) is 10.9. The number of benzene rings is 1. The van der Waals surface area contributed by atoms with E-state index in [1.165, 1.54) is 11.1 Å². The van der Waals surface area contributed by atoms with Crippen LogP contribution >= 0.6 is 12.2 Å². The molecule has 3 nitrogen and oxygen atoms in total. The Morgan fingerprint density at radius 3 is 2.71 bits per heavy atom. The lowest BCUT2D eigenvalue weighted by Gasteiger charge is -2.27. The average molecular weight is 250 g/mol. The van der Waals surface area contributed by atoms with Gasteiger partial charge in [0.25, 0.3) is 0 Å². The molecule has 0 bridgehead atoms. The van der Waals surface area contributed by atoms with Gasteiger partial charge in [-0.1, -0.05) is 24.4 Å². The van der Waals surface area contributed by atoms with Gasteiger partial charge in [0.15, 0.2) is 0 Å². The third-order valence-corrected chi connectivity index (χ3v) is 3.36. The fourth-order valence-corrected chi connectivity index (χ4v) is 2.15. The maximum absolute atomic E-state index is 5.62. The molecule has 4 heteroatoms. The highest BCUT2D eigenvalue weighted by Crippen LogP contribution is 2.14. The number of nitrogens with zero attached hydrogens (tertiary/aromatic N) is 1. The minimum absolute atomic E-state index is 0.464. The fraction of sp³-hybridized carbons (Fsp3) is 0.462. The molecule has 1 aromatic rings. The van der Waals surface area contributed by atoms with Crippen LogP contribution in [-0.4, -0.2) is 36.2 Å². The van der Waals surface area contributed by atoms with Gasteiger partial charge in [-0.2, -0.15) is 0 Å². The number of nitrogens with two attached hydrogens (primary N) is 1. The Balaban J connectivity index is 2.08. The summed E-state index contributed by atoms with van der Waals surface area (Å²) in [4.78, 5) is 2.87. The predicted molar refractivity (Wildman–Crippen MR) is 73.2 cm³/mol. The van der Waals surface area contributed by atoms with Gasteiger partial charge in [-0.25, -0.2) is 0 Å². The molecule has 92 valence electrons. The lowest BCUT2D eigenvalue weighted by molar-refractivity contribution is 0.0341. The van der Waals surface area contributed by atoms with E-state index in [4.69, 9.17) is 22.7 Å². The maximum Gasteiger partial charge on any atom is 0.103 e. The number of morpholine rings is 1. The zero-order chi connectivity index (χ0) is 12.3. The summed E-state index contributed by atoms with van der Waals surface area (Å²) in [5, 5.41) is 0. The highest BCUT2D eigenvalue weighted by atomic mass is 32.1. The molecule has 1 aliphatic heterocycles. The van der Waals surface area contributed by atoms with Crippen molar-refractivity contribution in [2.75, 3.05) is 26.3 Å². The number of aryl methyl sites for hydroxylation is 1. The van der Waals surface area contributed by atoms with Gasteiger partial charge in [0.05, 0.1) is 13.2 Å². The second kappa shape index (κ2) is 5.58. The van der Waals surface area contributed by atoms with Crippen LogP contribution in [0.3, 0.4) is 0 Å². The number of hydrogen-bond donors (Lipinski definition) is 1. The van der Waals surface area contributed by atoms with Crippen LogP contribution in [0.4, 0.5) is 0 Å². The van der Waals surface area contributed by atoms with Crippen molar-refractivity contribution in [2.24, 2.45) is 5.73 Å². The van der Waals surface area contributed by atoms with Crippen molar-refractivity contribution in [2.45, 2.75) is 13.5 Å². The first-order valence-electron chi connectivity index (χ1n) is 5.86. The Bertz CT molecular complexity index is 414. The van der Waals surface area contributed by atoms with Crippen LogP contribution in [0.25, 0.3) is 0 Å². The van der Waals surface area contributed by atoms with E-state index in [1.54, 1.807) is 0 Å². The van der Waals surface area contributed by atoms with Gasteiger partial charge >= 0.3 is 0 Å². The summed E-state index contributed by atoms with van der Waals surface area (Å²) in [7, 11) is 0. The summed E-state index contributed by atoms with van der Waals surface area (Å²) in [5.74, 6) is 0. The number of hydrogen-bond acceptors (Lipinski definition) is 3. The van der Waals surface area contributed by atoms with E-state index >= 15 is 0 Å². The topological polar surface area (TPSA) is 38.5 Å². The van der Waals surface area contributed by atoms with Crippen LogP contribution in [0.15, 0.2) is 18.2 Å². The molecular formula is C13H18N2OS. The molecule has 1 fully saturated rings. The molecule has 0 saturated carbocycles. The van der Waals surface area contributed by atoms with Crippen molar-refractivity contribution in [1.82, 2.24) is 4.90 Å². The second-order valence-corrected chi connectivity index (χ2v) is 4.83. The van der Waals surface area contributed by atoms with E-state index < -0.39 is 0 Å². The minimum Gasteiger partial charge on any atom is -0.389 e. The lowest BCUT2D eigenvalue weighted by atomic mass is 10.0. The third kappa shape index (κ3) is 3.25. The molecular weight excluding hydrogens is 232 g/mol. The van der Waals surface area contributed by atoms with Crippen LogP contribution in [0, 0.1) is 6.92 Å². The SMILES string of the molecule is Cc1cc(C(N)=S)ccc1CN1CCOCC1. The molecule has 0 spiro atoms. The summed E-state index contributed by atoms with van der Waals surface area (Å²) >= 11 is 4.98. The van der Waals surface area contributed by atoms with Gasteiger partial charge < -0.3 is 10.5 Å². The van der Waals surface area contributed by atoms with Gasteiger partial charge in [0.1, 0.15) is 4.99 Å². The van der Waals surface area contributed by atoms with Crippen LogP contribution < -0.4 is 5.73 Å². The van der Waals surface area contributed by atoms with Gasteiger partial charge in [-0.15, -0.1) is 0 Å². The van der Waals surface area contributed by atoms with Crippen LogP contribution in [-0.2, 0) is 11.3 Å². The van der Waals surface area contributed by atoms with E-state index in [2.05, 4.69) is 24.0 Å². The Labute approximate surface area is 108 Å². The molecule has 0 aromatic heterocycles. The summed E-state index contributed by atoms with van der Waals surface area (Å²) in [5.41, 5.74) is 9.16. The van der Waals surface area contributed by atoms with E-state index in [9.17, 15) is 0 Å². The summed E-state index contributed by atoms with van der Waals surface area (Å²) in [6.07, 6.45) is 0. The molecule has 0 atom stereocenters. The molecule has 0 radical (unpaired) electrons. The smallest absolute Gasteiger partial charge is 0.103 e. The zero-order valence-electron chi connectivity index (χ0n) is 10.1. The molecule has 1 saturated heterocycles. The Morgan fingerprint density at radius 1 is 1.41 bits per heavy atom. The molecule has 1 heterocycles. The maximum atomic E-state index is 5.62. The van der Waals surface area contributed by atoms with Crippen molar-refractivity contribution in [1.29, 1.82) is 0 Å². The lowest BCUT2D eigenvalue weighted by Crippen LogP contribution is -2.35. The molecule has 2 rings (SSSR count). The Kier molecular flexibility index (Phi) is 4.10. The van der Waals surface area contributed by atoms with Gasteiger partial charge in [-0.05, 0) is 24.1 Å². The quantitative estimate of drug-likeness (QED) is 0.824.